The predicted molar refractivity (Wildman–Crippen MR) is 62.2 cm³/mol. The molecule has 0 fully saturated rings. The Balaban J connectivity index is 2.73. The average molecular weight is 319 g/mol. The predicted octanol–water partition coefficient (Wildman–Crippen LogP) is 2.81. The Morgan fingerprint density at radius 3 is 2.64 bits per heavy atom. The molecule has 0 aliphatic rings. The second kappa shape index (κ2) is 5.88. The van der Waals surface area contributed by atoms with Gasteiger partial charge in [-0.2, -0.15) is 5.26 Å². The van der Waals surface area contributed by atoms with E-state index in [4.69, 9.17) is 10.00 Å². The monoisotopic (exact) mass is 319 g/mol. The van der Waals surface area contributed by atoms with Crippen molar-refractivity contribution in [3.05, 3.63) is 29.8 Å². The zero-order valence-electron chi connectivity index (χ0n) is 7.07. The summed E-state index contributed by atoms with van der Waals surface area (Å²) < 4.78 is 5.14. The van der Waals surface area contributed by atoms with Gasteiger partial charge in [0.15, 0.2) is 0 Å². The summed E-state index contributed by atoms with van der Waals surface area (Å²) in [5.74, 6) is -0.340. The van der Waals surface area contributed by atoms with Gasteiger partial charge in [0.25, 0.3) is 0 Å². The molecule has 1 aromatic rings. The second-order valence-corrected chi connectivity index (χ2v) is 3.74. The highest BCUT2D eigenvalue weighted by Crippen LogP contribution is 2.17. The molecular weight excluding hydrogens is 313 g/mol. The van der Waals surface area contributed by atoms with E-state index >= 15 is 0 Å². The minimum absolute atomic E-state index is 0.339. The lowest BCUT2D eigenvalue weighted by Gasteiger charge is -2.00. The highest BCUT2D eigenvalue weighted by Gasteiger charge is 2.05. The summed E-state index contributed by atoms with van der Waals surface area (Å²) in [7, 11) is 0. The number of carbonyl (C=O) groups excluding carboxylic acids is 1. The topological polar surface area (TPSA) is 50.1 Å². The lowest BCUT2D eigenvalue weighted by atomic mass is 10.2. The summed E-state index contributed by atoms with van der Waals surface area (Å²) in [5, 5.41) is 10.4. The molecule has 3 nitrogen and oxygen atoms in total. The lowest BCUT2D eigenvalue weighted by molar-refractivity contribution is 0.0590. The van der Waals surface area contributed by atoms with Gasteiger partial charge in [-0.1, -0.05) is 0 Å². The van der Waals surface area contributed by atoms with Crippen molar-refractivity contribution in [1.82, 2.24) is 0 Å². The van der Waals surface area contributed by atoms with E-state index in [0.29, 0.717) is 10.2 Å². The molecule has 0 unspecified atom stereocenters. The molecule has 0 saturated carbocycles. The summed E-state index contributed by atoms with van der Waals surface area (Å²) in [5.41, 5.74) is 0.504. The number of nitriles is 1. The van der Waals surface area contributed by atoms with Crippen LogP contribution in [0.25, 0.3) is 0 Å². The fourth-order valence-electron chi connectivity index (χ4n) is 0.845. The van der Waals surface area contributed by atoms with Crippen molar-refractivity contribution < 1.29 is 9.53 Å². The fourth-order valence-corrected chi connectivity index (χ4v) is 1.51. The highest BCUT2D eigenvalue weighted by molar-refractivity contribution is 14.1. The van der Waals surface area contributed by atoms with Crippen LogP contribution in [0.5, 0.6) is 0 Å². The molecule has 0 radical (unpaired) electrons. The molecule has 5 heteroatoms. The maximum Gasteiger partial charge on any atom is 0.338 e. The van der Waals surface area contributed by atoms with Gasteiger partial charge in [0.2, 0.25) is 0 Å². The number of thioether (sulfide) groups is 1. The van der Waals surface area contributed by atoms with Gasteiger partial charge >= 0.3 is 5.97 Å². The summed E-state index contributed by atoms with van der Waals surface area (Å²) in [6, 6.07) is 6.73. The number of thiocyanates is 1. The smallest absolute Gasteiger partial charge is 0.338 e. The van der Waals surface area contributed by atoms with Gasteiger partial charge in [-0.05, 0) is 58.6 Å². The van der Waals surface area contributed by atoms with Gasteiger partial charge in [0.1, 0.15) is 10.0 Å². The van der Waals surface area contributed by atoms with E-state index in [0.717, 1.165) is 16.7 Å². The third kappa shape index (κ3) is 3.20. The van der Waals surface area contributed by atoms with E-state index in [1.807, 2.05) is 28.0 Å². The zero-order chi connectivity index (χ0) is 10.4. The number of ether oxygens (including phenoxy) is 1. The Morgan fingerprint density at radius 2 is 2.14 bits per heavy atom. The van der Waals surface area contributed by atoms with E-state index in [9.17, 15) is 4.79 Å². The molecule has 0 aromatic heterocycles. The molecule has 14 heavy (non-hydrogen) atoms. The number of carbonyl (C=O) groups is 1. The minimum Gasteiger partial charge on any atom is -0.451 e. The molecule has 0 bridgehead atoms. The van der Waals surface area contributed by atoms with Gasteiger partial charge in [-0.15, -0.1) is 0 Å². The fraction of sp³-hybridized carbons (Fsp3) is 0.111. The average Bonchev–Trinajstić information content (AvgIpc) is 2.20. The molecule has 0 saturated heterocycles. The first-order valence-electron chi connectivity index (χ1n) is 3.67. The van der Waals surface area contributed by atoms with Crippen molar-refractivity contribution in [3.8, 4) is 5.40 Å². The zero-order valence-corrected chi connectivity index (χ0v) is 10.0. The molecule has 0 heterocycles. The Labute approximate surface area is 99.6 Å². The number of hydrogen-bond acceptors (Lipinski definition) is 4. The summed E-state index contributed by atoms with van der Waals surface area (Å²) in [4.78, 5) is 12.0. The van der Waals surface area contributed by atoms with Crippen LogP contribution in [0.1, 0.15) is 10.4 Å². The van der Waals surface area contributed by atoms with Crippen LogP contribution in [0.4, 0.5) is 0 Å². The van der Waals surface area contributed by atoms with Gasteiger partial charge in [0.05, 0.1) is 5.56 Å². The van der Waals surface area contributed by atoms with Crippen molar-refractivity contribution in [1.29, 1.82) is 5.26 Å². The number of hydrogen-bond donors (Lipinski definition) is 0. The first-order chi connectivity index (χ1) is 6.77. The number of nitrogens with zero attached hydrogens (tertiary/aromatic N) is 1. The molecule has 72 valence electrons. The van der Waals surface area contributed by atoms with Gasteiger partial charge < -0.3 is 4.74 Å². The van der Waals surface area contributed by atoms with Crippen LogP contribution in [0.2, 0.25) is 0 Å². The first-order valence-corrected chi connectivity index (χ1v) is 6.01. The molecule has 0 spiro atoms. The van der Waals surface area contributed by atoms with E-state index in [1.165, 1.54) is 0 Å². The van der Waals surface area contributed by atoms with Crippen LogP contribution in [0, 0.1) is 10.7 Å². The number of alkyl halides is 1. The molecule has 0 aliphatic carbocycles. The quantitative estimate of drug-likeness (QED) is 0.283. The van der Waals surface area contributed by atoms with Crippen LogP contribution in [0.15, 0.2) is 29.2 Å². The van der Waals surface area contributed by atoms with Crippen molar-refractivity contribution >= 4 is 40.3 Å². The van der Waals surface area contributed by atoms with Gasteiger partial charge in [0, 0.05) is 4.90 Å². The van der Waals surface area contributed by atoms with Crippen molar-refractivity contribution in [3.63, 3.8) is 0 Å². The van der Waals surface area contributed by atoms with Crippen molar-refractivity contribution in [2.24, 2.45) is 0 Å². The number of benzene rings is 1. The Bertz CT molecular complexity index is 358. The van der Waals surface area contributed by atoms with Gasteiger partial charge in [-0.25, -0.2) is 4.79 Å². The first kappa shape index (κ1) is 11.3. The normalized spacial score (nSPS) is 9.14. The Kier molecular flexibility index (Phi) is 4.76. The highest BCUT2D eigenvalue weighted by atomic mass is 127. The third-order valence-electron chi connectivity index (χ3n) is 1.44. The van der Waals surface area contributed by atoms with E-state index in [2.05, 4.69) is 0 Å². The SMILES string of the molecule is N#CSc1ccc(C(=O)OCI)cc1. The Morgan fingerprint density at radius 1 is 1.50 bits per heavy atom. The molecular formula is C9H6INO2S. The minimum atomic E-state index is -0.340. The standard InChI is InChI=1S/C9H6INO2S/c10-5-13-9(12)7-1-3-8(4-2-7)14-6-11/h1-4H,5H2. The lowest BCUT2D eigenvalue weighted by Crippen LogP contribution is -2.02. The third-order valence-corrected chi connectivity index (χ3v) is 2.35. The van der Waals surface area contributed by atoms with Crippen molar-refractivity contribution in [2.45, 2.75) is 4.90 Å². The Hall–Kier alpha value is -0.740. The van der Waals surface area contributed by atoms with E-state index < -0.39 is 0 Å². The van der Waals surface area contributed by atoms with Crippen LogP contribution in [0.3, 0.4) is 0 Å². The molecule has 0 aliphatic heterocycles. The largest absolute Gasteiger partial charge is 0.451 e. The molecule has 1 aromatic carbocycles. The number of esters is 1. The number of rotatable bonds is 3. The molecule has 1 rings (SSSR count). The molecule has 0 N–H and O–H groups in total. The maximum atomic E-state index is 11.2. The van der Waals surface area contributed by atoms with Crippen LogP contribution in [-0.4, -0.2) is 10.6 Å². The summed E-state index contributed by atoms with van der Waals surface area (Å²) >= 11 is 3.02. The van der Waals surface area contributed by atoms with Crippen LogP contribution < -0.4 is 0 Å². The number of halogens is 1. The van der Waals surface area contributed by atoms with E-state index in [-0.39, 0.29) is 5.97 Å². The summed E-state index contributed by atoms with van der Waals surface area (Å²) in [6.45, 7) is 0. The second-order valence-electron chi connectivity index (χ2n) is 2.26. The van der Waals surface area contributed by atoms with Gasteiger partial charge in [-0.3, -0.25) is 0 Å². The van der Waals surface area contributed by atoms with Crippen LogP contribution in [-0.2, 0) is 4.74 Å². The van der Waals surface area contributed by atoms with E-state index in [1.54, 1.807) is 24.3 Å². The molecule has 0 atom stereocenters. The van der Waals surface area contributed by atoms with Crippen molar-refractivity contribution in [2.75, 3.05) is 4.61 Å². The summed E-state index contributed by atoms with van der Waals surface area (Å²) in [6.07, 6.45) is 0. The maximum absolute atomic E-state index is 11.2. The molecule has 0 amide bonds. The van der Waals surface area contributed by atoms with Crippen LogP contribution >= 0.6 is 34.4 Å².